The van der Waals surface area contributed by atoms with Gasteiger partial charge in [0.25, 0.3) is 0 Å². The standard InChI is InChI=1S/C15H30N2O.ClH/c1-4-5-6-13-7-9-14(10-8-13)17-15(18)11(2)12(3)16;/h11-14H,4-10,16H2,1-3H3,(H,17,18);1H. The number of hydrogen-bond acceptors (Lipinski definition) is 2. The van der Waals surface area contributed by atoms with Crippen LogP contribution in [0.25, 0.3) is 0 Å². The first-order valence-electron chi connectivity index (χ1n) is 7.60. The highest BCUT2D eigenvalue weighted by molar-refractivity contribution is 5.85. The molecule has 1 fully saturated rings. The molecular formula is C15H31ClN2O. The molecule has 1 aliphatic rings. The number of hydrogen-bond donors (Lipinski definition) is 2. The van der Waals surface area contributed by atoms with Gasteiger partial charge >= 0.3 is 0 Å². The van der Waals surface area contributed by atoms with Gasteiger partial charge in [0.1, 0.15) is 0 Å². The molecule has 3 nitrogen and oxygen atoms in total. The number of nitrogens with one attached hydrogen (secondary N) is 1. The molecule has 1 amide bonds. The third-order valence-electron chi connectivity index (χ3n) is 4.36. The molecule has 0 aromatic heterocycles. The van der Waals surface area contributed by atoms with Crippen LogP contribution in [-0.2, 0) is 4.79 Å². The SMILES string of the molecule is CCCCC1CCC(NC(=O)C(C)C(C)N)CC1.Cl. The molecule has 1 rings (SSSR count). The molecule has 1 aliphatic carbocycles. The van der Waals surface area contributed by atoms with Crippen LogP contribution in [0.4, 0.5) is 0 Å². The van der Waals surface area contributed by atoms with Crippen molar-refractivity contribution in [3.8, 4) is 0 Å². The van der Waals surface area contributed by atoms with E-state index in [0.29, 0.717) is 6.04 Å². The van der Waals surface area contributed by atoms with Gasteiger partial charge in [-0.1, -0.05) is 33.1 Å². The number of rotatable bonds is 6. The summed E-state index contributed by atoms with van der Waals surface area (Å²) < 4.78 is 0. The quantitative estimate of drug-likeness (QED) is 0.789. The van der Waals surface area contributed by atoms with Crippen LogP contribution in [0, 0.1) is 11.8 Å². The number of unbranched alkanes of at least 4 members (excludes halogenated alkanes) is 1. The average Bonchev–Trinajstić information content (AvgIpc) is 2.36. The largest absolute Gasteiger partial charge is 0.353 e. The summed E-state index contributed by atoms with van der Waals surface area (Å²) in [5, 5.41) is 3.16. The minimum Gasteiger partial charge on any atom is -0.353 e. The molecule has 0 spiro atoms. The van der Waals surface area contributed by atoms with Crippen molar-refractivity contribution in [2.75, 3.05) is 0 Å². The van der Waals surface area contributed by atoms with Gasteiger partial charge in [0.05, 0.1) is 0 Å². The molecule has 0 radical (unpaired) electrons. The number of amides is 1. The summed E-state index contributed by atoms with van der Waals surface area (Å²) in [6.07, 6.45) is 8.85. The van der Waals surface area contributed by atoms with Gasteiger partial charge in [-0.05, 0) is 38.5 Å². The number of nitrogens with two attached hydrogens (primary N) is 1. The van der Waals surface area contributed by atoms with Crippen LogP contribution < -0.4 is 11.1 Å². The summed E-state index contributed by atoms with van der Waals surface area (Å²) in [7, 11) is 0. The predicted octanol–water partition coefficient (Wildman–Crippen LogP) is 3.26. The Morgan fingerprint density at radius 1 is 1.26 bits per heavy atom. The summed E-state index contributed by atoms with van der Waals surface area (Å²) >= 11 is 0. The van der Waals surface area contributed by atoms with Crippen molar-refractivity contribution >= 4 is 18.3 Å². The second-order valence-corrected chi connectivity index (χ2v) is 6.02. The van der Waals surface area contributed by atoms with Crippen molar-refractivity contribution in [1.82, 2.24) is 5.32 Å². The highest BCUT2D eigenvalue weighted by Crippen LogP contribution is 2.28. The van der Waals surface area contributed by atoms with E-state index < -0.39 is 0 Å². The van der Waals surface area contributed by atoms with Gasteiger partial charge in [-0.25, -0.2) is 0 Å². The fraction of sp³-hybridized carbons (Fsp3) is 0.933. The maximum atomic E-state index is 11.9. The van der Waals surface area contributed by atoms with E-state index in [1.807, 2.05) is 13.8 Å². The lowest BCUT2D eigenvalue weighted by molar-refractivity contribution is -0.125. The minimum absolute atomic E-state index is 0. The Kier molecular flexibility index (Phi) is 9.46. The maximum absolute atomic E-state index is 11.9. The van der Waals surface area contributed by atoms with E-state index in [-0.39, 0.29) is 30.3 Å². The lowest BCUT2D eigenvalue weighted by Gasteiger charge is -2.30. The first-order chi connectivity index (χ1) is 8.54. The normalized spacial score (nSPS) is 26.1. The van der Waals surface area contributed by atoms with Gasteiger partial charge in [0, 0.05) is 18.0 Å². The van der Waals surface area contributed by atoms with E-state index in [2.05, 4.69) is 12.2 Å². The van der Waals surface area contributed by atoms with E-state index in [1.54, 1.807) is 0 Å². The molecule has 2 atom stereocenters. The van der Waals surface area contributed by atoms with Gasteiger partial charge in [0.2, 0.25) is 5.91 Å². The Labute approximate surface area is 124 Å². The molecule has 0 saturated heterocycles. The second kappa shape index (κ2) is 9.60. The Bertz CT molecular complexity index is 251. The minimum atomic E-state index is -0.0807. The summed E-state index contributed by atoms with van der Waals surface area (Å²) in [4.78, 5) is 11.9. The van der Waals surface area contributed by atoms with Crippen LogP contribution >= 0.6 is 12.4 Å². The first-order valence-corrected chi connectivity index (χ1v) is 7.60. The molecule has 114 valence electrons. The van der Waals surface area contributed by atoms with Crippen LogP contribution in [0.15, 0.2) is 0 Å². The summed E-state index contributed by atoms with van der Waals surface area (Å²) in [6, 6.07) is 0.322. The molecule has 0 aromatic rings. The number of carbonyl (C=O) groups excluding carboxylic acids is 1. The zero-order chi connectivity index (χ0) is 13.5. The number of carbonyl (C=O) groups is 1. The molecule has 0 aliphatic heterocycles. The molecule has 0 aromatic carbocycles. The fourth-order valence-corrected chi connectivity index (χ4v) is 2.66. The molecule has 4 heteroatoms. The maximum Gasteiger partial charge on any atom is 0.224 e. The van der Waals surface area contributed by atoms with Crippen molar-refractivity contribution in [2.45, 2.75) is 77.8 Å². The second-order valence-electron chi connectivity index (χ2n) is 6.02. The Morgan fingerprint density at radius 3 is 2.32 bits per heavy atom. The van der Waals surface area contributed by atoms with E-state index in [0.717, 1.165) is 18.8 Å². The third kappa shape index (κ3) is 6.62. The monoisotopic (exact) mass is 290 g/mol. The topological polar surface area (TPSA) is 55.1 Å². The summed E-state index contributed by atoms with van der Waals surface area (Å²) in [6.45, 7) is 6.06. The van der Waals surface area contributed by atoms with Crippen molar-refractivity contribution in [2.24, 2.45) is 17.6 Å². The van der Waals surface area contributed by atoms with E-state index in [1.165, 1.54) is 32.1 Å². The van der Waals surface area contributed by atoms with Crippen molar-refractivity contribution < 1.29 is 4.79 Å². The third-order valence-corrected chi connectivity index (χ3v) is 4.36. The molecule has 1 saturated carbocycles. The van der Waals surface area contributed by atoms with Gasteiger partial charge < -0.3 is 11.1 Å². The Morgan fingerprint density at radius 2 is 1.84 bits per heavy atom. The molecule has 19 heavy (non-hydrogen) atoms. The Balaban J connectivity index is 0.00000324. The highest BCUT2D eigenvalue weighted by atomic mass is 35.5. The highest BCUT2D eigenvalue weighted by Gasteiger charge is 2.24. The van der Waals surface area contributed by atoms with Crippen molar-refractivity contribution in [3.63, 3.8) is 0 Å². The van der Waals surface area contributed by atoms with E-state index in [4.69, 9.17) is 5.73 Å². The van der Waals surface area contributed by atoms with Crippen molar-refractivity contribution in [3.05, 3.63) is 0 Å². The van der Waals surface area contributed by atoms with Gasteiger partial charge in [0.15, 0.2) is 0 Å². The lowest BCUT2D eigenvalue weighted by atomic mass is 9.83. The lowest BCUT2D eigenvalue weighted by Crippen LogP contribution is -2.44. The van der Waals surface area contributed by atoms with Crippen molar-refractivity contribution in [1.29, 1.82) is 0 Å². The van der Waals surface area contributed by atoms with Gasteiger partial charge in [-0.15, -0.1) is 12.4 Å². The van der Waals surface area contributed by atoms with Crippen LogP contribution in [-0.4, -0.2) is 18.0 Å². The zero-order valence-corrected chi connectivity index (χ0v) is 13.5. The smallest absolute Gasteiger partial charge is 0.224 e. The fourth-order valence-electron chi connectivity index (χ4n) is 2.66. The number of halogens is 1. The van der Waals surface area contributed by atoms with Gasteiger partial charge in [-0.3, -0.25) is 4.79 Å². The van der Waals surface area contributed by atoms with Crippen LogP contribution in [0.2, 0.25) is 0 Å². The molecule has 3 N–H and O–H groups in total. The molecule has 0 heterocycles. The van der Waals surface area contributed by atoms with Crippen LogP contribution in [0.3, 0.4) is 0 Å². The summed E-state index contributed by atoms with van der Waals surface area (Å²) in [5.74, 6) is 0.939. The molecule has 0 bridgehead atoms. The van der Waals surface area contributed by atoms with Crippen LogP contribution in [0.5, 0.6) is 0 Å². The van der Waals surface area contributed by atoms with E-state index in [9.17, 15) is 4.79 Å². The average molecular weight is 291 g/mol. The van der Waals surface area contributed by atoms with Gasteiger partial charge in [-0.2, -0.15) is 0 Å². The first kappa shape index (κ1) is 18.7. The Hall–Kier alpha value is -0.280. The molecular weight excluding hydrogens is 260 g/mol. The van der Waals surface area contributed by atoms with E-state index >= 15 is 0 Å². The van der Waals surface area contributed by atoms with Crippen LogP contribution in [0.1, 0.15) is 65.7 Å². The summed E-state index contributed by atoms with van der Waals surface area (Å²) in [5.41, 5.74) is 5.76. The predicted molar refractivity (Wildman–Crippen MR) is 83.5 cm³/mol. The molecule has 2 unspecified atom stereocenters. The zero-order valence-electron chi connectivity index (χ0n) is 12.7.